The van der Waals surface area contributed by atoms with Crippen molar-refractivity contribution in [3.05, 3.63) is 212 Å². The smallest absolute Gasteiger partial charge is 0.136 e. The van der Waals surface area contributed by atoms with E-state index in [1.807, 2.05) is 0 Å². The minimum absolute atomic E-state index is 0.885. The molecule has 0 saturated heterocycles. The third-order valence-corrected chi connectivity index (χ3v) is 11.5. The van der Waals surface area contributed by atoms with E-state index in [0.717, 1.165) is 50.1 Å². The minimum Gasteiger partial charge on any atom is -0.456 e. The summed E-state index contributed by atoms with van der Waals surface area (Å²) >= 11 is 0. The minimum atomic E-state index is 0.885. The number of anilines is 3. The van der Waals surface area contributed by atoms with Crippen molar-refractivity contribution < 1.29 is 4.42 Å². The van der Waals surface area contributed by atoms with Crippen molar-refractivity contribution in [3.63, 3.8) is 0 Å². The van der Waals surface area contributed by atoms with Crippen LogP contribution in [0.15, 0.2) is 211 Å². The molecule has 0 amide bonds. The van der Waals surface area contributed by atoms with Crippen LogP contribution < -0.4 is 4.90 Å². The van der Waals surface area contributed by atoms with Crippen molar-refractivity contribution in [2.24, 2.45) is 0 Å². The topological polar surface area (TPSA) is 16.4 Å². The number of hydrogen-bond acceptors (Lipinski definition) is 2. The van der Waals surface area contributed by atoms with Crippen LogP contribution in [0, 0.1) is 6.92 Å². The highest BCUT2D eigenvalue weighted by Crippen LogP contribution is 2.44. The van der Waals surface area contributed by atoms with Gasteiger partial charge in [-0.3, -0.25) is 0 Å². The van der Waals surface area contributed by atoms with Gasteiger partial charge in [-0.25, -0.2) is 0 Å². The van der Waals surface area contributed by atoms with E-state index in [9.17, 15) is 0 Å². The Bertz CT molecular complexity index is 3300. The van der Waals surface area contributed by atoms with Crippen molar-refractivity contribution in [1.29, 1.82) is 0 Å². The van der Waals surface area contributed by atoms with Crippen LogP contribution >= 0.6 is 0 Å². The molecule has 0 spiro atoms. The Balaban J connectivity index is 1.04. The summed E-state index contributed by atoms with van der Waals surface area (Å²) in [7, 11) is 0. The van der Waals surface area contributed by atoms with Gasteiger partial charge in [-0.2, -0.15) is 0 Å². The van der Waals surface area contributed by atoms with Crippen LogP contribution in [0.4, 0.5) is 17.1 Å². The zero-order valence-corrected chi connectivity index (χ0v) is 31.5. The molecule has 0 fully saturated rings. The fourth-order valence-electron chi connectivity index (χ4n) is 8.66. The van der Waals surface area contributed by atoms with E-state index in [4.69, 9.17) is 4.42 Å². The fraction of sp³-hybridized carbons (Fsp3) is 0.0182. The van der Waals surface area contributed by atoms with Gasteiger partial charge >= 0.3 is 0 Å². The second-order valence-corrected chi connectivity index (χ2v) is 15.0. The van der Waals surface area contributed by atoms with Gasteiger partial charge in [-0.05, 0) is 133 Å². The Hall–Kier alpha value is -7.42. The molecule has 0 radical (unpaired) electrons. The molecule has 2 heteroatoms. The first kappa shape index (κ1) is 33.0. The number of para-hydroxylation sites is 1. The molecule has 0 saturated carbocycles. The number of rotatable bonds is 6. The molecule has 0 N–H and O–H groups in total. The quantitative estimate of drug-likeness (QED) is 0.159. The molecule has 0 aliphatic carbocycles. The highest BCUT2D eigenvalue weighted by molar-refractivity contribution is 6.11. The second kappa shape index (κ2) is 13.4. The molecule has 0 unspecified atom stereocenters. The number of benzene rings is 10. The largest absolute Gasteiger partial charge is 0.456 e. The summed E-state index contributed by atoms with van der Waals surface area (Å²) in [4.78, 5) is 2.41. The Morgan fingerprint density at radius 2 is 0.930 bits per heavy atom. The summed E-state index contributed by atoms with van der Waals surface area (Å²) in [6.07, 6.45) is 0. The number of hydrogen-bond donors (Lipinski definition) is 0. The molecule has 11 rings (SSSR count). The van der Waals surface area contributed by atoms with E-state index >= 15 is 0 Å². The maximum Gasteiger partial charge on any atom is 0.136 e. The predicted molar refractivity (Wildman–Crippen MR) is 242 cm³/mol. The lowest BCUT2D eigenvalue weighted by Crippen LogP contribution is -2.12. The third kappa shape index (κ3) is 5.73. The van der Waals surface area contributed by atoms with Crippen molar-refractivity contribution in [2.75, 3.05) is 4.90 Å². The van der Waals surface area contributed by atoms with Gasteiger partial charge in [0.25, 0.3) is 0 Å². The summed E-state index contributed by atoms with van der Waals surface area (Å²) in [5, 5.41) is 9.73. The Kier molecular flexibility index (Phi) is 7.75. The highest BCUT2D eigenvalue weighted by atomic mass is 16.3. The molecule has 10 aromatic carbocycles. The van der Waals surface area contributed by atoms with Gasteiger partial charge < -0.3 is 9.32 Å². The number of fused-ring (bicyclic) bond motifs is 7. The van der Waals surface area contributed by atoms with E-state index in [2.05, 4.69) is 218 Å². The maximum absolute atomic E-state index is 6.56. The first-order chi connectivity index (χ1) is 28.1. The normalized spacial score (nSPS) is 11.6. The highest BCUT2D eigenvalue weighted by Gasteiger charge is 2.20. The Morgan fingerprint density at radius 1 is 0.333 bits per heavy atom. The van der Waals surface area contributed by atoms with Crippen LogP contribution in [0.3, 0.4) is 0 Å². The molecule has 2 nitrogen and oxygen atoms in total. The van der Waals surface area contributed by atoms with Gasteiger partial charge in [0.15, 0.2) is 0 Å². The number of furan rings is 1. The van der Waals surface area contributed by atoms with E-state index in [0.29, 0.717) is 0 Å². The van der Waals surface area contributed by atoms with Crippen LogP contribution in [0.25, 0.3) is 87.6 Å². The summed E-state index contributed by atoms with van der Waals surface area (Å²) in [6, 6.07) is 74.6. The van der Waals surface area contributed by atoms with E-state index in [1.165, 1.54) is 60.1 Å². The second-order valence-electron chi connectivity index (χ2n) is 15.0. The Morgan fingerprint density at radius 3 is 1.77 bits per heavy atom. The van der Waals surface area contributed by atoms with Crippen molar-refractivity contribution >= 4 is 71.3 Å². The molecule has 0 aliphatic rings. The maximum atomic E-state index is 6.56. The van der Waals surface area contributed by atoms with Crippen LogP contribution in [0.1, 0.15) is 5.56 Å². The summed E-state index contributed by atoms with van der Waals surface area (Å²) < 4.78 is 6.56. The van der Waals surface area contributed by atoms with Gasteiger partial charge in [0.1, 0.15) is 11.2 Å². The van der Waals surface area contributed by atoms with Crippen molar-refractivity contribution in [1.82, 2.24) is 0 Å². The SMILES string of the molecule is Cc1cc(-c2ccccc2)ccc1N(c1ccc(-c2ccc3c(ccc4ccccc43)c2)cc1)c1ccccc1-c1ccc2c(c1)oc1cc3ccccc3cc12. The molecule has 1 heterocycles. The molecule has 1 aromatic heterocycles. The molecular weight excluding hydrogens is 691 g/mol. The lowest BCUT2D eigenvalue weighted by Gasteiger charge is -2.29. The average Bonchev–Trinajstić information content (AvgIpc) is 3.63. The zero-order chi connectivity index (χ0) is 37.9. The van der Waals surface area contributed by atoms with Crippen molar-refractivity contribution in [2.45, 2.75) is 6.92 Å². The van der Waals surface area contributed by atoms with Gasteiger partial charge in [0.05, 0.1) is 5.69 Å². The lowest BCUT2D eigenvalue weighted by molar-refractivity contribution is 0.669. The van der Waals surface area contributed by atoms with Gasteiger partial charge in [0.2, 0.25) is 0 Å². The van der Waals surface area contributed by atoms with E-state index in [-0.39, 0.29) is 0 Å². The predicted octanol–water partition coefficient (Wildman–Crippen LogP) is 15.8. The first-order valence-electron chi connectivity index (χ1n) is 19.6. The zero-order valence-electron chi connectivity index (χ0n) is 31.5. The van der Waals surface area contributed by atoms with E-state index < -0.39 is 0 Å². The summed E-state index contributed by atoms with van der Waals surface area (Å²) in [5.41, 5.74) is 13.3. The standard InChI is InChI=1S/C55H37NO/c1-36-31-42(37-11-3-2-4-12-37)25-30-52(36)56(46-26-21-38(22-27-46)43-23-28-48-44(32-43)20-19-39-13-7-8-16-47(39)48)53-18-10-9-17-49(53)45-24-29-50-51-33-40-14-5-6-15-41(40)34-55(51)57-54(50)35-45/h2-35H,1H3. The summed E-state index contributed by atoms with van der Waals surface area (Å²) in [6.45, 7) is 2.22. The molecule has 57 heavy (non-hydrogen) atoms. The Labute approximate surface area is 331 Å². The molecule has 0 aliphatic heterocycles. The molecule has 11 aromatic rings. The monoisotopic (exact) mass is 727 g/mol. The number of aryl methyl sites for hydroxylation is 1. The summed E-state index contributed by atoms with van der Waals surface area (Å²) in [5.74, 6) is 0. The van der Waals surface area contributed by atoms with Gasteiger partial charge in [-0.1, -0.05) is 146 Å². The van der Waals surface area contributed by atoms with Crippen LogP contribution in [0.5, 0.6) is 0 Å². The third-order valence-electron chi connectivity index (χ3n) is 11.5. The van der Waals surface area contributed by atoms with Gasteiger partial charge in [0, 0.05) is 27.7 Å². The molecular formula is C55H37NO. The first-order valence-corrected chi connectivity index (χ1v) is 19.6. The fourth-order valence-corrected chi connectivity index (χ4v) is 8.66. The van der Waals surface area contributed by atoms with Crippen LogP contribution in [-0.2, 0) is 0 Å². The van der Waals surface area contributed by atoms with Gasteiger partial charge in [-0.15, -0.1) is 0 Å². The molecule has 0 atom stereocenters. The van der Waals surface area contributed by atoms with Crippen LogP contribution in [-0.4, -0.2) is 0 Å². The lowest BCUT2D eigenvalue weighted by atomic mass is 9.96. The molecule has 268 valence electrons. The molecule has 0 bridgehead atoms. The van der Waals surface area contributed by atoms with E-state index in [1.54, 1.807) is 0 Å². The average molecular weight is 728 g/mol. The van der Waals surface area contributed by atoms with Crippen molar-refractivity contribution in [3.8, 4) is 33.4 Å². The number of nitrogens with zero attached hydrogens (tertiary/aromatic N) is 1. The van der Waals surface area contributed by atoms with Crippen LogP contribution in [0.2, 0.25) is 0 Å².